The first-order chi connectivity index (χ1) is 16.1. The molecule has 0 aliphatic carbocycles. The van der Waals surface area contributed by atoms with Crippen molar-refractivity contribution in [2.75, 3.05) is 28.6 Å². The molecule has 1 fully saturated rings. The largest absolute Gasteiger partial charge is 0.325 e. The molecule has 3 N–H and O–H groups in total. The highest BCUT2D eigenvalue weighted by molar-refractivity contribution is 5.98. The van der Waals surface area contributed by atoms with E-state index in [-0.39, 0.29) is 24.3 Å². The summed E-state index contributed by atoms with van der Waals surface area (Å²) < 4.78 is 0. The quantitative estimate of drug-likeness (QED) is 0.496. The first kappa shape index (κ1) is 22.2. The van der Waals surface area contributed by atoms with Gasteiger partial charge in [0.25, 0.3) is 0 Å². The van der Waals surface area contributed by atoms with E-state index in [1.165, 1.54) is 0 Å². The van der Waals surface area contributed by atoms with Gasteiger partial charge in [0, 0.05) is 30.0 Å². The van der Waals surface area contributed by atoms with Crippen molar-refractivity contribution < 1.29 is 14.4 Å². The molecule has 0 aromatic heterocycles. The highest BCUT2D eigenvalue weighted by atomic mass is 16.2. The zero-order valence-electron chi connectivity index (χ0n) is 18.2. The minimum atomic E-state index is -0.703. The summed E-state index contributed by atoms with van der Waals surface area (Å²) >= 11 is 0. The Morgan fingerprint density at radius 1 is 0.848 bits per heavy atom. The molecule has 168 valence electrons. The van der Waals surface area contributed by atoms with Gasteiger partial charge in [-0.15, -0.1) is 0 Å². The molecule has 0 saturated carbocycles. The second-order valence-corrected chi connectivity index (χ2v) is 7.83. The molecule has 7 heteroatoms. The van der Waals surface area contributed by atoms with Gasteiger partial charge >= 0.3 is 0 Å². The monoisotopic (exact) mass is 442 g/mol. The van der Waals surface area contributed by atoms with Gasteiger partial charge in [0.15, 0.2) is 0 Å². The van der Waals surface area contributed by atoms with Crippen LogP contribution in [0.2, 0.25) is 0 Å². The van der Waals surface area contributed by atoms with Crippen LogP contribution >= 0.6 is 0 Å². The van der Waals surface area contributed by atoms with Gasteiger partial charge in [-0.1, -0.05) is 54.6 Å². The van der Waals surface area contributed by atoms with Crippen LogP contribution in [0.1, 0.15) is 24.4 Å². The van der Waals surface area contributed by atoms with Crippen molar-refractivity contribution in [2.24, 2.45) is 0 Å². The average molecular weight is 443 g/mol. The number of hydrogen-bond acceptors (Lipinski definition) is 4. The fraction of sp³-hybridized carbons (Fsp3) is 0.192. The highest BCUT2D eigenvalue weighted by Gasteiger charge is 2.23. The fourth-order valence-electron chi connectivity index (χ4n) is 3.82. The molecular formula is C26H26N4O3. The molecule has 4 rings (SSSR count). The summed E-state index contributed by atoms with van der Waals surface area (Å²) in [6, 6.07) is 25.0. The van der Waals surface area contributed by atoms with Crippen LogP contribution in [0.4, 0.5) is 17.1 Å². The zero-order valence-corrected chi connectivity index (χ0v) is 18.2. The van der Waals surface area contributed by atoms with Gasteiger partial charge in [-0.3, -0.25) is 19.7 Å². The molecule has 0 bridgehead atoms. The third kappa shape index (κ3) is 5.84. The van der Waals surface area contributed by atoms with Gasteiger partial charge in [0.2, 0.25) is 17.7 Å². The summed E-state index contributed by atoms with van der Waals surface area (Å²) in [7, 11) is 0. The maximum atomic E-state index is 13.0. The van der Waals surface area contributed by atoms with E-state index in [1.54, 1.807) is 17.0 Å². The molecule has 7 nitrogen and oxygen atoms in total. The predicted octanol–water partition coefficient (Wildman–Crippen LogP) is 3.72. The molecule has 1 heterocycles. The Kier molecular flexibility index (Phi) is 7.12. The Bertz CT molecular complexity index is 1120. The molecule has 3 aromatic carbocycles. The van der Waals surface area contributed by atoms with E-state index >= 15 is 0 Å². The maximum absolute atomic E-state index is 13.0. The van der Waals surface area contributed by atoms with Crippen LogP contribution in [0.3, 0.4) is 0 Å². The second-order valence-electron chi connectivity index (χ2n) is 7.83. The topological polar surface area (TPSA) is 90.5 Å². The molecule has 1 aliphatic rings. The lowest BCUT2D eigenvalue weighted by Gasteiger charge is -2.19. The van der Waals surface area contributed by atoms with Crippen LogP contribution in [-0.4, -0.2) is 30.8 Å². The lowest BCUT2D eigenvalue weighted by atomic mass is 10.1. The van der Waals surface area contributed by atoms with Gasteiger partial charge in [-0.05, 0) is 42.3 Å². The summed E-state index contributed by atoms with van der Waals surface area (Å²) in [5, 5.41) is 8.80. The van der Waals surface area contributed by atoms with E-state index in [4.69, 9.17) is 0 Å². The van der Waals surface area contributed by atoms with E-state index in [0.29, 0.717) is 24.3 Å². The maximum Gasteiger partial charge on any atom is 0.246 e. The second kappa shape index (κ2) is 10.6. The standard InChI is InChI=1S/C26H26N4O3/c31-23(28-21-13-7-14-22(17-21)30-16-8-15-24(30)32)18-27-25(19-9-3-1-4-10-19)26(33)29-20-11-5-2-6-12-20/h1-7,9-14,17,25,27H,8,15-16,18H2,(H,28,31)(H,29,33). The van der Waals surface area contributed by atoms with Crippen LogP contribution in [0, 0.1) is 0 Å². The smallest absolute Gasteiger partial charge is 0.246 e. The lowest BCUT2D eigenvalue weighted by molar-refractivity contribution is -0.119. The number of benzene rings is 3. The van der Waals surface area contributed by atoms with E-state index in [2.05, 4.69) is 16.0 Å². The van der Waals surface area contributed by atoms with E-state index in [0.717, 1.165) is 17.7 Å². The van der Waals surface area contributed by atoms with Crippen molar-refractivity contribution in [1.82, 2.24) is 5.32 Å². The van der Waals surface area contributed by atoms with Crippen LogP contribution in [0.5, 0.6) is 0 Å². The predicted molar refractivity (Wildman–Crippen MR) is 129 cm³/mol. The Balaban J connectivity index is 1.41. The van der Waals surface area contributed by atoms with Crippen LogP contribution in [0.25, 0.3) is 0 Å². The van der Waals surface area contributed by atoms with Crippen LogP contribution < -0.4 is 20.9 Å². The third-order valence-corrected chi connectivity index (χ3v) is 5.42. The molecule has 3 aromatic rings. The van der Waals surface area contributed by atoms with Gasteiger partial charge in [-0.25, -0.2) is 0 Å². The number of nitrogens with zero attached hydrogens (tertiary/aromatic N) is 1. The normalized spacial score (nSPS) is 14.1. The number of rotatable bonds is 8. The molecule has 1 atom stereocenters. The molecule has 1 saturated heterocycles. The summed E-state index contributed by atoms with van der Waals surface area (Å²) in [5.74, 6) is -0.446. The molecule has 3 amide bonds. The van der Waals surface area contributed by atoms with Crippen molar-refractivity contribution >= 4 is 34.8 Å². The zero-order chi connectivity index (χ0) is 23.0. The van der Waals surface area contributed by atoms with Gasteiger partial charge in [0.05, 0.1) is 6.54 Å². The summed E-state index contributed by atoms with van der Waals surface area (Å²) in [5.41, 5.74) is 2.81. The lowest BCUT2D eigenvalue weighted by Crippen LogP contribution is -2.37. The number of carbonyl (C=O) groups is 3. The Hall–Kier alpha value is -3.97. The average Bonchev–Trinajstić information content (AvgIpc) is 3.26. The summed E-state index contributed by atoms with van der Waals surface area (Å²) in [4.78, 5) is 39.3. The van der Waals surface area contributed by atoms with Crippen molar-refractivity contribution in [3.63, 3.8) is 0 Å². The number of carbonyl (C=O) groups excluding carboxylic acids is 3. The number of anilines is 3. The molecule has 1 unspecified atom stereocenters. The van der Waals surface area contributed by atoms with Crippen molar-refractivity contribution in [1.29, 1.82) is 0 Å². The Labute approximate surface area is 192 Å². The number of hydrogen-bond donors (Lipinski definition) is 3. The molecule has 0 spiro atoms. The van der Waals surface area contributed by atoms with Gasteiger partial charge in [-0.2, -0.15) is 0 Å². The van der Waals surface area contributed by atoms with Crippen LogP contribution in [0.15, 0.2) is 84.9 Å². The SMILES string of the molecule is O=C(CNC(C(=O)Nc1ccccc1)c1ccccc1)Nc1cccc(N2CCCC2=O)c1. The highest BCUT2D eigenvalue weighted by Crippen LogP contribution is 2.24. The Morgan fingerprint density at radius 3 is 2.24 bits per heavy atom. The summed E-state index contributed by atoms with van der Waals surface area (Å²) in [6.45, 7) is 0.627. The minimum Gasteiger partial charge on any atom is -0.325 e. The molecular weight excluding hydrogens is 416 g/mol. The Morgan fingerprint density at radius 2 is 1.55 bits per heavy atom. The van der Waals surface area contributed by atoms with E-state index in [1.807, 2.05) is 72.8 Å². The molecule has 33 heavy (non-hydrogen) atoms. The first-order valence-corrected chi connectivity index (χ1v) is 10.9. The van der Waals surface area contributed by atoms with Gasteiger partial charge in [0.1, 0.15) is 6.04 Å². The molecule has 0 radical (unpaired) electrons. The van der Waals surface area contributed by atoms with Crippen molar-refractivity contribution in [3.8, 4) is 0 Å². The number of amides is 3. The van der Waals surface area contributed by atoms with Crippen molar-refractivity contribution in [3.05, 3.63) is 90.5 Å². The number of nitrogens with one attached hydrogen (secondary N) is 3. The first-order valence-electron chi connectivity index (χ1n) is 10.9. The van der Waals surface area contributed by atoms with E-state index in [9.17, 15) is 14.4 Å². The summed E-state index contributed by atoms with van der Waals surface area (Å²) in [6.07, 6.45) is 1.39. The van der Waals surface area contributed by atoms with Crippen LogP contribution in [-0.2, 0) is 14.4 Å². The van der Waals surface area contributed by atoms with Gasteiger partial charge < -0.3 is 15.5 Å². The fourth-order valence-corrected chi connectivity index (χ4v) is 3.82. The number of para-hydroxylation sites is 1. The third-order valence-electron chi connectivity index (χ3n) is 5.42. The van der Waals surface area contributed by atoms with E-state index < -0.39 is 6.04 Å². The van der Waals surface area contributed by atoms with Crippen molar-refractivity contribution in [2.45, 2.75) is 18.9 Å². The minimum absolute atomic E-state index is 0.0609. The molecule has 1 aliphatic heterocycles.